The Hall–Kier alpha value is -8.17. The summed E-state index contributed by atoms with van der Waals surface area (Å²) in [5, 5.41) is 12.6. The maximum Gasteiger partial charge on any atom is 0.328 e. The molecular formula is C45H40N8O7. The molecule has 0 radical (unpaired) electrons. The minimum Gasteiger partial charge on any atom is -0.467 e. The van der Waals surface area contributed by atoms with Crippen molar-refractivity contribution in [1.82, 2.24) is 36.2 Å². The average molecular weight is 805 g/mol. The zero-order chi connectivity index (χ0) is 43.0. The number of nitrogens with one attached hydrogen (secondary N) is 5. The molecule has 0 saturated heterocycles. The van der Waals surface area contributed by atoms with E-state index in [1.165, 1.54) is 27.9 Å². The summed E-state index contributed by atoms with van der Waals surface area (Å²) in [7, 11) is 1.22. The first-order chi connectivity index (χ1) is 28.9. The number of methoxy groups -OCH3 is 1. The topological polar surface area (TPSA) is 210 Å². The van der Waals surface area contributed by atoms with Gasteiger partial charge >= 0.3 is 5.97 Å². The largest absolute Gasteiger partial charge is 0.467 e. The lowest BCUT2D eigenvalue weighted by atomic mass is 10.1. The normalized spacial score (nSPS) is 11.1. The predicted molar refractivity (Wildman–Crippen MR) is 222 cm³/mol. The van der Waals surface area contributed by atoms with Crippen LogP contribution in [0.25, 0.3) is 22.8 Å². The van der Waals surface area contributed by atoms with Crippen LogP contribution in [0.3, 0.4) is 0 Å². The van der Waals surface area contributed by atoms with Crippen molar-refractivity contribution in [2.45, 2.75) is 32.9 Å². The van der Waals surface area contributed by atoms with Gasteiger partial charge in [-0.25, -0.2) is 19.7 Å². The minimum atomic E-state index is -0.836. The Morgan fingerprint density at radius 1 is 0.583 bits per heavy atom. The van der Waals surface area contributed by atoms with E-state index in [4.69, 9.17) is 9.97 Å². The van der Waals surface area contributed by atoms with Crippen LogP contribution in [0.2, 0.25) is 0 Å². The van der Waals surface area contributed by atoms with Crippen LogP contribution in [0.4, 0.5) is 5.69 Å². The molecule has 302 valence electrons. The summed E-state index contributed by atoms with van der Waals surface area (Å²) < 4.78 is 4.57. The first kappa shape index (κ1) is 43.0. The Morgan fingerprint density at radius 3 is 1.62 bits per heavy atom. The molecule has 3 aromatic heterocycles. The van der Waals surface area contributed by atoms with Crippen LogP contribution in [0, 0.1) is 23.7 Å². The highest BCUT2D eigenvalue weighted by Crippen LogP contribution is 2.21. The van der Waals surface area contributed by atoms with Gasteiger partial charge in [-0.3, -0.25) is 24.0 Å². The minimum absolute atomic E-state index is 0.251. The van der Waals surface area contributed by atoms with Crippen LogP contribution >= 0.6 is 0 Å². The number of anilines is 1. The number of amides is 5. The van der Waals surface area contributed by atoms with Crippen molar-refractivity contribution in [2.24, 2.45) is 0 Å². The lowest BCUT2D eigenvalue weighted by molar-refractivity contribution is -0.144. The van der Waals surface area contributed by atoms with Crippen LogP contribution in [-0.4, -0.2) is 82.7 Å². The van der Waals surface area contributed by atoms with E-state index in [0.717, 1.165) is 0 Å². The van der Waals surface area contributed by atoms with E-state index in [-0.39, 0.29) is 19.0 Å². The third-order valence-corrected chi connectivity index (χ3v) is 8.34. The Balaban J connectivity index is 1.17. The Bertz CT molecular complexity index is 2540. The van der Waals surface area contributed by atoms with Gasteiger partial charge in [0.15, 0.2) is 0 Å². The number of rotatable bonds is 12. The van der Waals surface area contributed by atoms with Crippen LogP contribution < -0.4 is 26.6 Å². The fourth-order valence-corrected chi connectivity index (χ4v) is 5.32. The molecule has 0 saturated carbocycles. The van der Waals surface area contributed by atoms with Gasteiger partial charge in [-0.1, -0.05) is 30.0 Å². The van der Waals surface area contributed by atoms with Gasteiger partial charge in [0.1, 0.15) is 23.5 Å². The van der Waals surface area contributed by atoms with Crippen LogP contribution in [0.5, 0.6) is 0 Å². The number of hydrogen-bond donors (Lipinski definition) is 5. The molecule has 0 aliphatic rings. The summed E-state index contributed by atoms with van der Waals surface area (Å²) in [4.78, 5) is 85.7. The molecule has 5 aromatic rings. The van der Waals surface area contributed by atoms with E-state index in [1.807, 2.05) is 42.5 Å². The molecule has 3 heterocycles. The van der Waals surface area contributed by atoms with Gasteiger partial charge < -0.3 is 31.3 Å². The van der Waals surface area contributed by atoms with Gasteiger partial charge in [0.05, 0.1) is 43.0 Å². The number of nitrogens with zero attached hydrogens (tertiary/aromatic N) is 3. The van der Waals surface area contributed by atoms with E-state index in [1.54, 1.807) is 60.7 Å². The maximum atomic E-state index is 12.5. The van der Waals surface area contributed by atoms with Gasteiger partial charge in [-0.05, 0) is 111 Å². The fraction of sp³-hybridized carbons (Fsp3) is 0.178. The van der Waals surface area contributed by atoms with Gasteiger partial charge in [-0.2, -0.15) is 0 Å². The number of aromatic nitrogens is 3. The fourth-order valence-electron chi connectivity index (χ4n) is 5.32. The molecule has 5 amide bonds. The van der Waals surface area contributed by atoms with E-state index < -0.39 is 41.7 Å². The number of esters is 1. The molecule has 0 unspecified atom stereocenters. The predicted octanol–water partition coefficient (Wildman–Crippen LogP) is 2.99. The summed E-state index contributed by atoms with van der Waals surface area (Å²) in [6, 6.07) is 28.4. The van der Waals surface area contributed by atoms with Crippen molar-refractivity contribution in [2.75, 3.05) is 25.5 Å². The second-order valence-electron chi connectivity index (χ2n) is 13.1. The maximum absolute atomic E-state index is 12.5. The standard InChI is InChI=1S/C45H40N8O7/c1-28(48-30(3)54)43(57)46-27-42(56)52-36-24-18-32(19-25-36)17-23-35-9-6-11-38(51-35)40-13-7-12-39(53-40)37-10-5-8-34(50-37)22-16-31-14-20-33(21-15-31)44(58)47-26-41(55)49-29(2)45(59)60-4/h5-15,18-21,24-25,28-29H,26-27H2,1-4H3,(H,46,57)(H,47,58)(H,48,54)(H,49,55)(H,52,56)/t28-,29-/m0/s1. The smallest absolute Gasteiger partial charge is 0.328 e. The van der Waals surface area contributed by atoms with Gasteiger partial charge in [0, 0.05) is 29.3 Å². The van der Waals surface area contributed by atoms with E-state index >= 15 is 0 Å². The SMILES string of the molecule is COC(=O)[C@H](C)NC(=O)CNC(=O)c1ccc(C#Cc2cccc(-c3cccc(-c4cccc(C#Cc5ccc(NC(=O)CNC(=O)[C@H](C)NC(C)=O)cc5)n4)n3)n2)cc1. The van der Waals surface area contributed by atoms with Crippen LogP contribution in [0.1, 0.15) is 53.6 Å². The second kappa shape index (κ2) is 20.8. The van der Waals surface area contributed by atoms with Gasteiger partial charge in [-0.15, -0.1) is 0 Å². The first-order valence-electron chi connectivity index (χ1n) is 18.5. The molecule has 15 nitrogen and oxygen atoms in total. The van der Waals surface area contributed by atoms with Crippen molar-refractivity contribution >= 4 is 41.2 Å². The monoisotopic (exact) mass is 804 g/mol. The summed E-state index contributed by atoms with van der Waals surface area (Å²) in [6.45, 7) is 3.76. The van der Waals surface area contributed by atoms with Crippen molar-refractivity contribution in [3.63, 3.8) is 0 Å². The zero-order valence-corrected chi connectivity index (χ0v) is 33.1. The number of benzene rings is 2. The van der Waals surface area contributed by atoms with Crippen molar-refractivity contribution in [3.8, 4) is 46.5 Å². The Labute approximate surface area is 346 Å². The molecule has 2 aromatic carbocycles. The number of carbonyl (C=O) groups excluding carboxylic acids is 6. The van der Waals surface area contributed by atoms with Crippen molar-refractivity contribution < 1.29 is 33.5 Å². The molecule has 5 rings (SSSR count). The molecule has 0 bridgehead atoms. The number of carbonyl (C=O) groups is 6. The van der Waals surface area contributed by atoms with Crippen molar-refractivity contribution in [1.29, 1.82) is 0 Å². The molecule has 0 spiro atoms. The Morgan fingerprint density at radius 2 is 1.08 bits per heavy atom. The van der Waals surface area contributed by atoms with E-state index in [0.29, 0.717) is 56.5 Å². The highest BCUT2D eigenvalue weighted by molar-refractivity contribution is 5.97. The molecule has 60 heavy (non-hydrogen) atoms. The third kappa shape index (κ3) is 12.9. The molecular weight excluding hydrogens is 765 g/mol. The lowest BCUT2D eigenvalue weighted by Gasteiger charge is -2.12. The quantitative estimate of drug-likeness (QED) is 0.0920. The molecule has 0 aliphatic carbocycles. The van der Waals surface area contributed by atoms with Crippen LogP contribution in [0.15, 0.2) is 103 Å². The van der Waals surface area contributed by atoms with Gasteiger partial charge in [0.2, 0.25) is 23.6 Å². The van der Waals surface area contributed by atoms with E-state index in [2.05, 4.69) is 60.0 Å². The molecule has 2 atom stereocenters. The average Bonchev–Trinajstić information content (AvgIpc) is 3.26. The summed E-state index contributed by atoms with van der Waals surface area (Å²) in [5.41, 5.74) is 5.70. The summed E-state index contributed by atoms with van der Waals surface area (Å²) in [6.07, 6.45) is 0. The third-order valence-electron chi connectivity index (χ3n) is 8.34. The van der Waals surface area contributed by atoms with Crippen LogP contribution in [-0.2, 0) is 28.7 Å². The zero-order valence-electron chi connectivity index (χ0n) is 33.1. The summed E-state index contributed by atoms with van der Waals surface area (Å²) in [5.74, 6) is 9.44. The molecule has 0 aliphatic heterocycles. The number of hydrogen-bond acceptors (Lipinski definition) is 10. The lowest BCUT2D eigenvalue weighted by Crippen LogP contribution is -2.46. The summed E-state index contributed by atoms with van der Waals surface area (Å²) >= 11 is 0. The second-order valence-corrected chi connectivity index (χ2v) is 13.1. The number of pyridine rings is 3. The highest BCUT2D eigenvalue weighted by atomic mass is 16.5. The molecule has 15 heteroatoms. The van der Waals surface area contributed by atoms with Gasteiger partial charge in [0.25, 0.3) is 5.91 Å². The Kier molecular flexibility index (Phi) is 14.9. The highest BCUT2D eigenvalue weighted by Gasteiger charge is 2.17. The van der Waals surface area contributed by atoms with E-state index in [9.17, 15) is 28.8 Å². The van der Waals surface area contributed by atoms with Crippen molar-refractivity contribution in [3.05, 3.63) is 131 Å². The first-order valence-corrected chi connectivity index (χ1v) is 18.5. The molecule has 5 N–H and O–H groups in total. The number of ether oxygens (including phenoxy) is 1. The molecule has 0 fully saturated rings.